The van der Waals surface area contributed by atoms with E-state index < -0.39 is 12.1 Å². The summed E-state index contributed by atoms with van der Waals surface area (Å²) in [5, 5.41) is 16.8. The first-order valence-electron chi connectivity index (χ1n) is 2.70. The molecule has 0 aliphatic rings. The fourth-order valence-electron chi connectivity index (χ4n) is 0.408. The second kappa shape index (κ2) is 7.41. The molecule has 2 N–H and O–H groups in total. The van der Waals surface area contributed by atoms with Crippen molar-refractivity contribution in [2.75, 3.05) is 5.75 Å². The van der Waals surface area contributed by atoms with Gasteiger partial charge in [0.15, 0.2) is 6.10 Å². The summed E-state index contributed by atoms with van der Waals surface area (Å²) in [7, 11) is 0. The van der Waals surface area contributed by atoms with Gasteiger partial charge in [0, 0.05) is 17.1 Å². The molecule has 3 nitrogen and oxygen atoms in total. The largest absolute Gasteiger partial charge is 0.479 e. The van der Waals surface area contributed by atoms with E-state index >= 15 is 0 Å². The monoisotopic (exact) mass is 205 g/mol. The van der Waals surface area contributed by atoms with E-state index in [1.54, 1.807) is 0 Å². The molecule has 0 rings (SSSR count). The summed E-state index contributed by atoms with van der Waals surface area (Å²) in [5.41, 5.74) is 0. The van der Waals surface area contributed by atoms with Gasteiger partial charge in [-0.2, -0.15) is 12.6 Å². The summed E-state index contributed by atoms with van der Waals surface area (Å²) >= 11 is 3.86. The number of aliphatic carboxylic acids is 1. The van der Waals surface area contributed by atoms with Gasteiger partial charge in [0.25, 0.3) is 0 Å². The summed E-state index contributed by atoms with van der Waals surface area (Å²) in [4.78, 5) is 9.93. The smallest absolute Gasteiger partial charge is 0.332 e. The molecule has 0 saturated heterocycles. The van der Waals surface area contributed by atoms with E-state index in [0.717, 1.165) is 0 Å². The van der Waals surface area contributed by atoms with Crippen molar-refractivity contribution in [2.45, 2.75) is 18.9 Å². The van der Waals surface area contributed by atoms with Crippen molar-refractivity contribution in [3.05, 3.63) is 0 Å². The van der Waals surface area contributed by atoms with Gasteiger partial charge >= 0.3 is 5.97 Å². The van der Waals surface area contributed by atoms with Gasteiger partial charge in [-0.05, 0) is 18.6 Å². The van der Waals surface area contributed by atoms with Gasteiger partial charge in [0.05, 0.1) is 0 Å². The van der Waals surface area contributed by atoms with E-state index in [4.69, 9.17) is 10.2 Å². The summed E-state index contributed by atoms with van der Waals surface area (Å²) in [6.07, 6.45) is -0.285. The van der Waals surface area contributed by atoms with Crippen LogP contribution < -0.4 is 0 Å². The van der Waals surface area contributed by atoms with Crippen molar-refractivity contribution in [1.29, 1.82) is 0 Å². The van der Waals surface area contributed by atoms with Crippen LogP contribution in [0.3, 0.4) is 0 Å². The van der Waals surface area contributed by atoms with Crippen LogP contribution in [0, 0.1) is 0 Å². The first kappa shape index (κ1) is 12.9. The van der Waals surface area contributed by atoms with Gasteiger partial charge in [-0.1, -0.05) is 0 Å². The molecular weight excluding hydrogens is 195 g/mol. The number of aliphatic hydroxyl groups excluding tert-OH is 1. The molecule has 0 bridgehead atoms. The third kappa shape index (κ3) is 6.42. The molecule has 0 fully saturated rings. The second-order valence-electron chi connectivity index (χ2n) is 1.72. The number of carboxylic acid groups (broad SMARTS) is 1. The Morgan fingerprint density at radius 1 is 1.60 bits per heavy atom. The molecule has 0 aromatic carbocycles. The Hall–Kier alpha value is 0.299. The van der Waals surface area contributed by atoms with Crippen LogP contribution >= 0.6 is 12.6 Å². The normalized spacial score (nSPS) is 11.8. The Balaban J connectivity index is 0. The standard InChI is InChI=1S/C5H10O3S.Mn/c6-4(5(7)8)2-1-3-9;/h4,6,9H,1-3H2,(H,7,8);. The quantitative estimate of drug-likeness (QED) is 0.452. The van der Waals surface area contributed by atoms with Crippen LogP contribution in [0.2, 0.25) is 0 Å². The molecule has 10 heavy (non-hydrogen) atoms. The number of hydrogen-bond donors (Lipinski definition) is 3. The van der Waals surface area contributed by atoms with E-state index in [1.165, 1.54) is 0 Å². The Morgan fingerprint density at radius 3 is 2.40 bits per heavy atom. The molecule has 1 atom stereocenters. The minimum absolute atomic E-state index is 0. The maximum atomic E-state index is 9.93. The third-order valence-electron chi connectivity index (χ3n) is 0.921. The van der Waals surface area contributed by atoms with Crippen molar-refractivity contribution in [3.63, 3.8) is 0 Å². The fraction of sp³-hybridized carbons (Fsp3) is 0.800. The predicted octanol–water partition coefficient (Wildman–Crippen LogP) is 0.139. The molecule has 0 aliphatic carbocycles. The number of aliphatic hydroxyl groups is 1. The van der Waals surface area contributed by atoms with Crippen LogP contribution in [-0.2, 0) is 21.9 Å². The van der Waals surface area contributed by atoms with Crippen molar-refractivity contribution in [3.8, 4) is 0 Å². The first-order chi connectivity index (χ1) is 4.18. The summed E-state index contributed by atoms with van der Waals surface area (Å²) in [6, 6.07) is 0. The molecule has 1 unspecified atom stereocenters. The summed E-state index contributed by atoms with van der Waals surface area (Å²) < 4.78 is 0. The SMILES string of the molecule is O=C(O)C(O)CCCS.[Mn]. The maximum Gasteiger partial charge on any atom is 0.332 e. The molecule has 0 aromatic heterocycles. The van der Waals surface area contributed by atoms with Crippen molar-refractivity contribution < 1.29 is 32.1 Å². The number of rotatable bonds is 4. The van der Waals surface area contributed by atoms with Crippen LogP contribution in [0.25, 0.3) is 0 Å². The molecule has 0 saturated carbocycles. The Kier molecular flexibility index (Phi) is 9.58. The Morgan fingerprint density at radius 2 is 2.10 bits per heavy atom. The van der Waals surface area contributed by atoms with E-state index in [1.807, 2.05) is 0 Å². The number of thiol groups is 1. The maximum absolute atomic E-state index is 9.93. The number of hydrogen-bond acceptors (Lipinski definition) is 3. The first-order valence-corrected chi connectivity index (χ1v) is 3.33. The van der Waals surface area contributed by atoms with Crippen LogP contribution in [0.15, 0.2) is 0 Å². The van der Waals surface area contributed by atoms with Crippen LogP contribution in [0.5, 0.6) is 0 Å². The van der Waals surface area contributed by atoms with E-state index in [9.17, 15) is 4.79 Å². The molecule has 1 radical (unpaired) electrons. The van der Waals surface area contributed by atoms with Crippen LogP contribution in [0.4, 0.5) is 0 Å². The van der Waals surface area contributed by atoms with Crippen molar-refractivity contribution in [1.82, 2.24) is 0 Å². The van der Waals surface area contributed by atoms with E-state index in [-0.39, 0.29) is 17.1 Å². The van der Waals surface area contributed by atoms with Crippen molar-refractivity contribution in [2.24, 2.45) is 0 Å². The van der Waals surface area contributed by atoms with Gasteiger partial charge < -0.3 is 10.2 Å². The van der Waals surface area contributed by atoms with Gasteiger partial charge in [0.2, 0.25) is 0 Å². The Labute approximate surface area is 75.7 Å². The molecule has 0 spiro atoms. The van der Waals surface area contributed by atoms with Gasteiger partial charge in [-0.25, -0.2) is 4.79 Å². The number of carboxylic acids is 1. The average Bonchev–Trinajstić information content (AvgIpc) is 1.82. The predicted molar refractivity (Wildman–Crippen MR) is 36.7 cm³/mol. The Bertz CT molecular complexity index is 98.9. The zero-order valence-electron chi connectivity index (χ0n) is 5.33. The summed E-state index contributed by atoms with van der Waals surface area (Å²) in [6.45, 7) is 0. The third-order valence-corrected chi connectivity index (χ3v) is 1.24. The molecule has 0 aliphatic heterocycles. The molecule has 0 aromatic rings. The van der Waals surface area contributed by atoms with E-state index in [0.29, 0.717) is 18.6 Å². The molecular formula is C5H10MnO3S. The number of carbonyl (C=O) groups is 1. The zero-order chi connectivity index (χ0) is 7.28. The second-order valence-corrected chi connectivity index (χ2v) is 2.17. The molecule has 0 heterocycles. The minimum atomic E-state index is -1.21. The van der Waals surface area contributed by atoms with E-state index in [2.05, 4.69) is 12.6 Å². The molecule has 5 heteroatoms. The van der Waals surface area contributed by atoms with Gasteiger partial charge in [-0.3, -0.25) is 0 Å². The summed E-state index contributed by atoms with van der Waals surface area (Å²) in [5.74, 6) is -0.540. The minimum Gasteiger partial charge on any atom is -0.479 e. The van der Waals surface area contributed by atoms with Crippen molar-refractivity contribution >= 4 is 18.6 Å². The average molecular weight is 205 g/mol. The topological polar surface area (TPSA) is 57.5 Å². The van der Waals surface area contributed by atoms with Gasteiger partial charge in [0.1, 0.15) is 0 Å². The fourth-order valence-corrected chi connectivity index (χ4v) is 0.591. The molecule has 0 amide bonds. The zero-order valence-corrected chi connectivity index (χ0v) is 7.40. The molecule has 61 valence electrons. The van der Waals surface area contributed by atoms with Crippen LogP contribution in [0.1, 0.15) is 12.8 Å². The van der Waals surface area contributed by atoms with Crippen LogP contribution in [-0.4, -0.2) is 28.0 Å². The van der Waals surface area contributed by atoms with Gasteiger partial charge in [-0.15, -0.1) is 0 Å².